The quantitative estimate of drug-likeness (QED) is 0.887. The number of nitrogens with zero attached hydrogens (tertiary/aromatic N) is 2. The maximum atomic E-state index is 13.7. The molecule has 0 unspecified atom stereocenters. The van der Waals surface area contributed by atoms with E-state index in [0.29, 0.717) is 6.54 Å². The first-order chi connectivity index (χ1) is 8.97. The molecule has 1 aromatic carbocycles. The third-order valence-corrected chi connectivity index (χ3v) is 2.80. The summed E-state index contributed by atoms with van der Waals surface area (Å²) in [6, 6.07) is 3.79. The Morgan fingerprint density at radius 1 is 1.53 bits per heavy atom. The van der Waals surface area contributed by atoms with Gasteiger partial charge in [-0.05, 0) is 25.1 Å². The van der Waals surface area contributed by atoms with Crippen LogP contribution in [0.3, 0.4) is 0 Å². The zero-order chi connectivity index (χ0) is 14.0. The van der Waals surface area contributed by atoms with Crippen molar-refractivity contribution in [3.8, 4) is 0 Å². The summed E-state index contributed by atoms with van der Waals surface area (Å²) in [4.78, 5) is 10.7. The molecular formula is C13H14FN3O2. The van der Waals surface area contributed by atoms with Crippen LogP contribution in [0.4, 0.5) is 10.1 Å². The molecule has 2 rings (SSSR count). The molecule has 0 amide bonds. The average Bonchev–Trinajstić information content (AvgIpc) is 2.66. The molecule has 0 bridgehead atoms. The summed E-state index contributed by atoms with van der Waals surface area (Å²) in [5.41, 5.74) is 2.04. The van der Waals surface area contributed by atoms with E-state index in [1.54, 1.807) is 4.68 Å². The third kappa shape index (κ3) is 2.90. The second kappa shape index (κ2) is 5.09. The lowest BCUT2D eigenvalue weighted by molar-refractivity contribution is 0.0696. The number of carbonyl (C=O) groups is 1. The molecule has 0 atom stereocenters. The number of aromatic carboxylic acids is 1. The van der Waals surface area contributed by atoms with Crippen LogP contribution < -0.4 is 5.32 Å². The minimum Gasteiger partial charge on any atom is -0.478 e. The molecule has 0 saturated carbocycles. The zero-order valence-electron chi connectivity index (χ0n) is 10.6. The van der Waals surface area contributed by atoms with Crippen molar-refractivity contribution in [1.29, 1.82) is 0 Å². The highest BCUT2D eigenvalue weighted by Crippen LogP contribution is 2.17. The van der Waals surface area contributed by atoms with Gasteiger partial charge in [0.1, 0.15) is 5.82 Å². The largest absolute Gasteiger partial charge is 0.478 e. The molecule has 100 valence electrons. The Morgan fingerprint density at radius 2 is 2.26 bits per heavy atom. The van der Waals surface area contributed by atoms with Crippen LogP contribution in [-0.2, 0) is 13.6 Å². The Morgan fingerprint density at radius 3 is 2.79 bits per heavy atom. The molecule has 0 radical (unpaired) electrons. The zero-order valence-corrected chi connectivity index (χ0v) is 10.6. The number of halogens is 1. The van der Waals surface area contributed by atoms with E-state index < -0.39 is 11.8 Å². The standard InChI is InChI=1S/C13H14FN3O2/c1-8-10(7-17(2)16-8)6-15-12-4-3-9(13(18)19)5-11(12)14/h3-5,7,15H,6H2,1-2H3,(H,18,19). The highest BCUT2D eigenvalue weighted by atomic mass is 19.1. The first-order valence-electron chi connectivity index (χ1n) is 5.73. The smallest absolute Gasteiger partial charge is 0.335 e. The summed E-state index contributed by atoms with van der Waals surface area (Å²) >= 11 is 0. The van der Waals surface area contributed by atoms with Gasteiger partial charge in [0.05, 0.1) is 16.9 Å². The Kier molecular flexibility index (Phi) is 3.50. The first kappa shape index (κ1) is 13.1. The molecule has 2 aromatic rings. The van der Waals surface area contributed by atoms with Crippen molar-refractivity contribution in [2.45, 2.75) is 13.5 Å². The molecule has 0 aliphatic carbocycles. The second-order valence-electron chi connectivity index (χ2n) is 4.27. The van der Waals surface area contributed by atoms with Crippen molar-refractivity contribution in [2.24, 2.45) is 7.05 Å². The Balaban J connectivity index is 2.12. The van der Waals surface area contributed by atoms with E-state index in [2.05, 4.69) is 10.4 Å². The number of aromatic nitrogens is 2. The van der Waals surface area contributed by atoms with E-state index in [1.807, 2.05) is 20.2 Å². The van der Waals surface area contributed by atoms with Crippen LogP contribution in [0.25, 0.3) is 0 Å². The van der Waals surface area contributed by atoms with Crippen LogP contribution in [-0.4, -0.2) is 20.9 Å². The second-order valence-corrected chi connectivity index (χ2v) is 4.27. The van der Waals surface area contributed by atoms with E-state index in [-0.39, 0.29) is 11.3 Å². The van der Waals surface area contributed by atoms with Gasteiger partial charge in [-0.1, -0.05) is 0 Å². The number of anilines is 1. The fourth-order valence-electron chi connectivity index (χ4n) is 1.80. The monoisotopic (exact) mass is 263 g/mol. The number of carboxylic acid groups (broad SMARTS) is 1. The normalized spacial score (nSPS) is 10.5. The van der Waals surface area contributed by atoms with E-state index in [1.165, 1.54) is 12.1 Å². The van der Waals surface area contributed by atoms with Gasteiger partial charge in [-0.15, -0.1) is 0 Å². The third-order valence-electron chi connectivity index (χ3n) is 2.80. The van der Waals surface area contributed by atoms with Gasteiger partial charge in [-0.25, -0.2) is 9.18 Å². The van der Waals surface area contributed by atoms with E-state index in [0.717, 1.165) is 17.3 Å². The number of benzene rings is 1. The van der Waals surface area contributed by atoms with Crippen molar-refractivity contribution < 1.29 is 14.3 Å². The Hall–Kier alpha value is -2.37. The lowest BCUT2D eigenvalue weighted by atomic mass is 10.2. The SMILES string of the molecule is Cc1nn(C)cc1CNc1ccc(C(=O)O)cc1F. The number of hydrogen-bond acceptors (Lipinski definition) is 3. The maximum Gasteiger partial charge on any atom is 0.335 e. The van der Waals surface area contributed by atoms with Crippen LogP contribution in [0.5, 0.6) is 0 Å². The van der Waals surface area contributed by atoms with Gasteiger partial charge in [-0.3, -0.25) is 4.68 Å². The summed E-state index contributed by atoms with van der Waals surface area (Å²) in [6.07, 6.45) is 1.85. The molecule has 5 nitrogen and oxygen atoms in total. The van der Waals surface area contributed by atoms with Crippen molar-refractivity contribution in [3.05, 3.63) is 47.0 Å². The fraction of sp³-hybridized carbons (Fsp3) is 0.231. The highest BCUT2D eigenvalue weighted by Gasteiger charge is 2.09. The van der Waals surface area contributed by atoms with Crippen molar-refractivity contribution in [2.75, 3.05) is 5.32 Å². The highest BCUT2D eigenvalue weighted by molar-refractivity contribution is 5.88. The minimum absolute atomic E-state index is 0.0689. The van der Waals surface area contributed by atoms with Gasteiger partial charge >= 0.3 is 5.97 Å². The molecular weight excluding hydrogens is 249 g/mol. The van der Waals surface area contributed by atoms with E-state index in [9.17, 15) is 9.18 Å². The molecule has 0 saturated heterocycles. The fourth-order valence-corrected chi connectivity index (χ4v) is 1.80. The predicted molar refractivity (Wildman–Crippen MR) is 68.6 cm³/mol. The van der Waals surface area contributed by atoms with Crippen LogP contribution in [0, 0.1) is 12.7 Å². The molecule has 6 heteroatoms. The molecule has 19 heavy (non-hydrogen) atoms. The number of nitrogens with one attached hydrogen (secondary N) is 1. The molecule has 1 heterocycles. The predicted octanol–water partition coefficient (Wildman–Crippen LogP) is 2.18. The molecule has 0 fully saturated rings. The minimum atomic E-state index is -1.14. The van der Waals surface area contributed by atoms with Gasteiger partial charge in [-0.2, -0.15) is 5.10 Å². The summed E-state index contributed by atoms with van der Waals surface area (Å²) in [5.74, 6) is -1.73. The van der Waals surface area contributed by atoms with Crippen LogP contribution in [0.1, 0.15) is 21.6 Å². The molecule has 0 aliphatic rings. The Labute approximate surface area is 109 Å². The molecule has 1 aromatic heterocycles. The maximum absolute atomic E-state index is 13.7. The van der Waals surface area contributed by atoms with E-state index >= 15 is 0 Å². The van der Waals surface area contributed by atoms with Crippen LogP contribution >= 0.6 is 0 Å². The number of carboxylic acids is 1. The summed E-state index contributed by atoms with van der Waals surface area (Å²) < 4.78 is 15.4. The van der Waals surface area contributed by atoms with Gasteiger partial charge in [0.15, 0.2) is 0 Å². The lowest BCUT2D eigenvalue weighted by Gasteiger charge is -2.07. The molecule has 2 N–H and O–H groups in total. The van der Waals surface area contributed by atoms with E-state index in [4.69, 9.17) is 5.11 Å². The van der Waals surface area contributed by atoms with Crippen molar-refractivity contribution in [3.63, 3.8) is 0 Å². The Bertz CT molecular complexity index is 622. The lowest BCUT2D eigenvalue weighted by Crippen LogP contribution is -2.04. The van der Waals surface area contributed by atoms with Gasteiger partial charge < -0.3 is 10.4 Å². The van der Waals surface area contributed by atoms with Crippen LogP contribution in [0.2, 0.25) is 0 Å². The number of rotatable bonds is 4. The first-order valence-corrected chi connectivity index (χ1v) is 5.73. The van der Waals surface area contributed by atoms with Gasteiger partial charge in [0.25, 0.3) is 0 Å². The number of aryl methyl sites for hydroxylation is 2. The van der Waals surface area contributed by atoms with Crippen molar-refractivity contribution >= 4 is 11.7 Å². The van der Waals surface area contributed by atoms with Crippen molar-refractivity contribution in [1.82, 2.24) is 9.78 Å². The topological polar surface area (TPSA) is 67.2 Å². The number of hydrogen-bond donors (Lipinski definition) is 2. The van der Waals surface area contributed by atoms with Gasteiger partial charge in [0, 0.05) is 25.4 Å². The summed E-state index contributed by atoms with van der Waals surface area (Å²) in [7, 11) is 1.82. The summed E-state index contributed by atoms with van der Waals surface area (Å²) in [6.45, 7) is 2.31. The molecule has 0 aliphatic heterocycles. The molecule has 0 spiro atoms. The summed E-state index contributed by atoms with van der Waals surface area (Å²) in [5, 5.41) is 15.9. The van der Waals surface area contributed by atoms with Gasteiger partial charge in [0.2, 0.25) is 0 Å². The van der Waals surface area contributed by atoms with Crippen LogP contribution in [0.15, 0.2) is 24.4 Å². The average molecular weight is 263 g/mol.